The molecule has 1 aromatic rings. The molecule has 0 fully saturated rings. The fraction of sp³-hybridized carbons (Fsp3) is 0.588. The third-order valence-corrected chi connectivity index (χ3v) is 4.13. The number of anilines is 1. The van der Waals surface area contributed by atoms with E-state index in [1.165, 1.54) is 23.7 Å². The molecule has 1 aliphatic rings. The molecule has 0 aromatic heterocycles. The predicted molar refractivity (Wildman–Crippen MR) is 82.0 cm³/mol. The molecule has 0 spiro atoms. The number of fused-ring (bicyclic) bond motifs is 1. The largest absolute Gasteiger partial charge is 0.442 e. The molecule has 0 saturated heterocycles. The standard InChI is InChI=1S/C17H25NO2/c1-11-7-8-15-12(2)10-17(5,6)18(16(15)9-11)13(3)20-14(4)19/h7-9,12-13H,10H2,1-6H3. The van der Waals surface area contributed by atoms with Crippen molar-refractivity contribution in [2.24, 2.45) is 0 Å². The summed E-state index contributed by atoms with van der Waals surface area (Å²) in [5.41, 5.74) is 3.74. The maximum atomic E-state index is 11.3. The molecule has 2 atom stereocenters. The summed E-state index contributed by atoms with van der Waals surface area (Å²) in [6, 6.07) is 6.56. The Hall–Kier alpha value is -1.51. The zero-order chi connectivity index (χ0) is 15.1. The van der Waals surface area contributed by atoms with Crippen molar-refractivity contribution in [3.05, 3.63) is 29.3 Å². The number of ether oxygens (including phenoxy) is 1. The molecule has 1 heterocycles. The van der Waals surface area contributed by atoms with E-state index in [0.717, 1.165) is 6.42 Å². The van der Waals surface area contributed by atoms with Gasteiger partial charge in [-0.15, -0.1) is 0 Å². The summed E-state index contributed by atoms with van der Waals surface area (Å²) in [5, 5.41) is 0. The second-order valence-electron chi connectivity index (χ2n) is 6.56. The third-order valence-electron chi connectivity index (χ3n) is 4.13. The second-order valence-corrected chi connectivity index (χ2v) is 6.56. The predicted octanol–water partition coefficient (Wildman–Crippen LogP) is 4.00. The van der Waals surface area contributed by atoms with Gasteiger partial charge in [0.25, 0.3) is 0 Å². The van der Waals surface area contributed by atoms with Crippen LogP contribution in [0.15, 0.2) is 18.2 Å². The number of nitrogens with zero attached hydrogens (tertiary/aromatic N) is 1. The third kappa shape index (κ3) is 2.67. The minimum atomic E-state index is -0.254. The maximum Gasteiger partial charge on any atom is 0.304 e. The van der Waals surface area contributed by atoms with Gasteiger partial charge in [0, 0.05) is 18.2 Å². The van der Waals surface area contributed by atoms with Crippen molar-refractivity contribution >= 4 is 11.7 Å². The van der Waals surface area contributed by atoms with Crippen LogP contribution in [0.2, 0.25) is 0 Å². The molecule has 3 heteroatoms. The van der Waals surface area contributed by atoms with E-state index in [1.807, 2.05) is 6.92 Å². The molecule has 2 rings (SSSR count). The lowest BCUT2D eigenvalue weighted by atomic mass is 9.79. The molecule has 20 heavy (non-hydrogen) atoms. The van der Waals surface area contributed by atoms with Crippen LogP contribution in [0.25, 0.3) is 0 Å². The Bertz CT molecular complexity index is 522. The minimum absolute atomic E-state index is 0.0327. The van der Waals surface area contributed by atoms with Crippen LogP contribution in [0, 0.1) is 6.92 Å². The van der Waals surface area contributed by atoms with Crippen molar-refractivity contribution in [2.75, 3.05) is 4.90 Å². The summed E-state index contributed by atoms with van der Waals surface area (Å²) in [5.74, 6) is 0.280. The highest BCUT2D eigenvalue weighted by atomic mass is 16.6. The van der Waals surface area contributed by atoms with Gasteiger partial charge in [0.1, 0.15) is 0 Å². The quantitative estimate of drug-likeness (QED) is 0.764. The van der Waals surface area contributed by atoms with E-state index in [1.54, 1.807) is 0 Å². The van der Waals surface area contributed by atoms with Gasteiger partial charge < -0.3 is 9.64 Å². The summed E-state index contributed by atoms with van der Waals surface area (Å²) in [7, 11) is 0. The highest BCUT2D eigenvalue weighted by Crippen LogP contribution is 2.44. The SMILES string of the molecule is CC(=O)OC(C)N1c2cc(C)ccc2C(C)CC1(C)C. The molecule has 110 valence electrons. The molecule has 2 unspecified atom stereocenters. The van der Waals surface area contributed by atoms with Gasteiger partial charge >= 0.3 is 5.97 Å². The van der Waals surface area contributed by atoms with E-state index in [2.05, 4.69) is 50.8 Å². The first-order valence-corrected chi connectivity index (χ1v) is 7.29. The Morgan fingerprint density at radius 1 is 1.45 bits per heavy atom. The summed E-state index contributed by atoms with van der Waals surface area (Å²) in [4.78, 5) is 13.5. The van der Waals surface area contributed by atoms with Crippen molar-refractivity contribution in [2.45, 2.75) is 65.6 Å². The normalized spacial score (nSPS) is 22.1. The fourth-order valence-corrected chi connectivity index (χ4v) is 3.54. The van der Waals surface area contributed by atoms with Crippen LogP contribution in [0.4, 0.5) is 5.69 Å². The van der Waals surface area contributed by atoms with Crippen LogP contribution in [0.1, 0.15) is 58.1 Å². The molecule has 0 aliphatic carbocycles. The van der Waals surface area contributed by atoms with Crippen LogP contribution < -0.4 is 4.90 Å². The van der Waals surface area contributed by atoms with E-state index >= 15 is 0 Å². The van der Waals surface area contributed by atoms with Gasteiger partial charge in [0.15, 0.2) is 6.23 Å². The molecule has 1 aromatic carbocycles. The van der Waals surface area contributed by atoms with Crippen molar-refractivity contribution in [3.63, 3.8) is 0 Å². The van der Waals surface area contributed by atoms with E-state index in [4.69, 9.17) is 4.74 Å². The molecule has 0 radical (unpaired) electrons. The molecule has 0 N–H and O–H groups in total. The summed E-state index contributed by atoms with van der Waals surface area (Å²) in [6.45, 7) is 12.2. The fourth-order valence-electron chi connectivity index (χ4n) is 3.54. The first-order valence-electron chi connectivity index (χ1n) is 7.29. The number of carbonyl (C=O) groups excluding carboxylic acids is 1. The van der Waals surface area contributed by atoms with E-state index in [0.29, 0.717) is 5.92 Å². The molecular weight excluding hydrogens is 250 g/mol. The van der Waals surface area contributed by atoms with Gasteiger partial charge in [-0.2, -0.15) is 0 Å². The van der Waals surface area contributed by atoms with Gasteiger partial charge in [0.05, 0.1) is 0 Å². The molecular formula is C17H25NO2. The first kappa shape index (κ1) is 14.9. The van der Waals surface area contributed by atoms with Gasteiger partial charge in [-0.1, -0.05) is 19.1 Å². The average Bonchev–Trinajstić information content (AvgIpc) is 2.25. The number of aryl methyl sites for hydroxylation is 1. The number of hydrogen-bond acceptors (Lipinski definition) is 3. The Labute approximate surface area is 121 Å². The maximum absolute atomic E-state index is 11.3. The molecule has 3 nitrogen and oxygen atoms in total. The lowest BCUT2D eigenvalue weighted by Crippen LogP contribution is -2.54. The number of rotatable bonds is 2. The monoisotopic (exact) mass is 275 g/mol. The minimum Gasteiger partial charge on any atom is -0.442 e. The van der Waals surface area contributed by atoms with E-state index < -0.39 is 0 Å². The zero-order valence-electron chi connectivity index (χ0n) is 13.4. The van der Waals surface area contributed by atoms with Crippen molar-refractivity contribution in [1.82, 2.24) is 0 Å². The van der Waals surface area contributed by atoms with Gasteiger partial charge in [-0.05, 0) is 57.2 Å². The van der Waals surface area contributed by atoms with E-state index in [9.17, 15) is 4.79 Å². The van der Waals surface area contributed by atoms with Gasteiger partial charge in [0.2, 0.25) is 0 Å². The first-order chi connectivity index (χ1) is 9.22. The van der Waals surface area contributed by atoms with Crippen LogP contribution in [-0.4, -0.2) is 17.7 Å². The van der Waals surface area contributed by atoms with Crippen LogP contribution in [0.3, 0.4) is 0 Å². The van der Waals surface area contributed by atoms with Crippen molar-refractivity contribution in [3.8, 4) is 0 Å². The van der Waals surface area contributed by atoms with Crippen LogP contribution in [-0.2, 0) is 9.53 Å². The highest BCUT2D eigenvalue weighted by molar-refractivity contribution is 5.67. The van der Waals surface area contributed by atoms with Gasteiger partial charge in [-0.25, -0.2) is 0 Å². The lowest BCUT2D eigenvalue weighted by Gasteiger charge is -2.49. The Morgan fingerprint density at radius 3 is 2.70 bits per heavy atom. The second kappa shape index (κ2) is 5.12. The smallest absolute Gasteiger partial charge is 0.304 e. The molecule has 0 amide bonds. The Morgan fingerprint density at radius 2 is 2.10 bits per heavy atom. The summed E-state index contributed by atoms with van der Waals surface area (Å²) in [6.07, 6.45) is 0.796. The average molecular weight is 275 g/mol. The topological polar surface area (TPSA) is 29.5 Å². The lowest BCUT2D eigenvalue weighted by molar-refractivity contribution is -0.146. The van der Waals surface area contributed by atoms with Crippen molar-refractivity contribution < 1.29 is 9.53 Å². The summed E-state index contributed by atoms with van der Waals surface area (Å²) < 4.78 is 5.44. The number of hydrogen-bond donors (Lipinski definition) is 0. The molecule has 0 bridgehead atoms. The number of carbonyl (C=O) groups is 1. The number of esters is 1. The summed E-state index contributed by atoms with van der Waals surface area (Å²) >= 11 is 0. The molecule has 0 saturated carbocycles. The van der Waals surface area contributed by atoms with Gasteiger partial charge in [-0.3, -0.25) is 4.79 Å². The molecule has 1 aliphatic heterocycles. The van der Waals surface area contributed by atoms with E-state index in [-0.39, 0.29) is 17.7 Å². The highest BCUT2D eigenvalue weighted by Gasteiger charge is 2.39. The number of benzene rings is 1. The van der Waals surface area contributed by atoms with Crippen molar-refractivity contribution in [1.29, 1.82) is 0 Å². The van der Waals surface area contributed by atoms with Crippen LogP contribution in [0.5, 0.6) is 0 Å². The Kier molecular flexibility index (Phi) is 3.81. The Balaban J connectivity index is 2.50. The van der Waals surface area contributed by atoms with Crippen LogP contribution >= 0.6 is 0 Å². The zero-order valence-corrected chi connectivity index (χ0v) is 13.4.